The van der Waals surface area contributed by atoms with E-state index in [1.807, 2.05) is 36.4 Å². The lowest BCUT2D eigenvalue weighted by Gasteiger charge is -2.16. The van der Waals surface area contributed by atoms with E-state index >= 15 is 0 Å². The molecule has 30 heavy (non-hydrogen) atoms. The van der Waals surface area contributed by atoms with E-state index in [1.165, 1.54) is 32.4 Å². The van der Waals surface area contributed by atoms with Gasteiger partial charge in [0.05, 0.1) is 25.3 Å². The summed E-state index contributed by atoms with van der Waals surface area (Å²) in [5.74, 6) is -1.18. The molecule has 0 radical (unpaired) electrons. The molecule has 3 aromatic rings. The van der Waals surface area contributed by atoms with Crippen LogP contribution in [0.2, 0.25) is 0 Å². The number of fused-ring (bicyclic) bond motifs is 1. The van der Waals surface area contributed by atoms with E-state index in [1.54, 1.807) is 13.0 Å². The quantitative estimate of drug-likeness (QED) is 0.625. The van der Waals surface area contributed by atoms with Gasteiger partial charge in [-0.1, -0.05) is 30.3 Å². The molecule has 0 aliphatic carbocycles. The first kappa shape index (κ1) is 20.9. The van der Waals surface area contributed by atoms with Crippen LogP contribution in [0.25, 0.3) is 10.8 Å². The third kappa shape index (κ3) is 4.75. The van der Waals surface area contributed by atoms with Crippen LogP contribution >= 0.6 is 0 Å². The van der Waals surface area contributed by atoms with Gasteiger partial charge in [0.15, 0.2) is 6.10 Å². The number of ether oxygens (including phenoxy) is 3. The third-order valence-corrected chi connectivity index (χ3v) is 4.45. The average molecular weight is 407 g/mol. The van der Waals surface area contributed by atoms with E-state index in [9.17, 15) is 14.4 Å². The molecule has 0 saturated heterocycles. The Morgan fingerprint density at radius 3 is 2.00 bits per heavy atom. The number of methoxy groups -OCH3 is 2. The van der Waals surface area contributed by atoms with Crippen molar-refractivity contribution in [3.05, 3.63) is 71.8 Å². The van der Waals surface area contributed by atoms with E-state index in [0.29, 0.717) is 5.75 Å². The maximum absolute atomic E-state index is 12.6. The molecule has 1 N–H and O–H groups in total. The molecule has 3 rings (SSSR count). The smallest absolute Gasteiger partial charge is 0.337 e. The number of carbonyl (C=O) groups is 3. The second-order valence-electron chi connectivity index (χ2n) is 6.54. The Balaban J connectivity index is 1.77. The minimum atomic E-state index is -0.825. The van der Waals surface area contributed by atoms with Gasteiger partial charge in [0, 0.05) is 5.69 Å². The highest BCUT2D eigenvalue weighted by Gasteiger charge is 2.18. The van der Waals surface area contributed by atoms with Crippen LogP contribution < -0.4 is 10.1 Å². The first-order chi connectivity index (χ1) is 14.4. The summed E-state index contributed by atoms with van der Waals surface area (Å²) in [6.07, 6.45) is -0.825. The molecule has 0 aliphatic heterocycles. The van der Waals surface area contributed by atoms with Crippen molar-refractivity contribution in [1.82, 2.24) is 0 Å². The molecule has 0 saturated carbocycles. The second kappa shape index (κ2) is 9.09. The number of carbonyl (C=O) groups excluding carboxylic acids is 3. The largest absolute Gasteiger partial charge is 0.481 e. The molecule has 154 valence electrons. The lowest BCUT2D eigenvalue weighted by Crippen LogP contribution is -2.30. The normalized spacial score (nSPS) is 11.4. The van der Waals surface area contributed by atoms with E-state index in [2.05, 4.69) is 5.32 Å². The number of anilines is 1. The van der Waals surface area contributed by atoms with Gasteiger partial charge in [-0.2, -0.15) is 0 Å². The van der Waals surface area contributed by atoms with Crippen molar-refractivity contribution in [3.63, 3.8) is 0 Å². The van der Waals surface area contributed by atoms with Crippen molar-refractivity contribution in [2.75, 3.05) is 19.5 Å². The van der Waals surface area contributed by atoms with Crippen molar-refractivity contribution in [2.24, 2.45) is 0 Å². The van der Waals surface area contributed by atoms with Gasteiger partial charge in [-0.3, -0.25) is 4.79 Å². The molecule has 0 unspecified atom stereocenters. The van der Waals surface area contributed by atoms with Crippen molar-refractivity contribution in [3.8, 4) is 5.75 Å². The summed E-state index contributed by atoms with van der Waals surface area (Å²) in [5, 5.41) is 4.72. The number of nitrogens with one attached hydrogen (secondary N) is 1. The minimum Gasteiger partial charge on any atom is -0.481 e. The van der Waals surface area contributed by atoms with Crippen LogP contribution in [0.5, 0.6) is 5.75 Å². The number of amides is 1. The van der Waals surface area contributed by atoms with Gasteiger partial charge in [0.25, 0.3) is 5.91 Å². The minimum absolute atomic E-state index is 0.110. The Morgan fingerprint density at radius 2 is 1.40 bits per heavy atom. The van der Waals surface area contributed by atoms with Crippen LogP contribution in [0.3, 0.4) is 0 Å². The maximum Gasteiger partial charge on any atom is 0.337 e. The molecule has 0 spiro atoms. The van der Waals surface area contributed by atoms with Crippen LogP contribution in [-0.4, -0.2) is 38.2 Å². The lowest BCUT2D eigenvalue weighted by molar-refractivity contribution is -0.122. The number of hydrogen-bond acceptors (Lipinski definition) is 6. The topological polar surface area (TPSA) is 90.9 Å². The molecule has 7 nitrogen and oxygen atoms in total. The molecule has 0 fully saturated rings. The van der Waals surface area contributed by atoms with Gasteiger partial charge in [-0.15, -0.1) is 0 Å². The first-order valence-electron chi connectivity index (χ1n) is 9.19. The summed E-state index contributed by atoms with van der Waals surface area (Å²) >= 11 is 0. The molecular formula is C23H21NO6. The van der Waals surface area contributed by atoms with Crippen LogP contribution in [0.15, 0.2) is 60.7 Å². The Bertz CT molecular complexity index is 1070. The SMILES string of the molecule is COC(=O)c1cc(NC(=O)[C@@H](C)Oc2ccc3ccccc3c2)cc(C(=O)OC)c1. The maximum atomic E-state index is 12.6. The Labute approximate surface area is 173 Å². The highest BCUT2D eigenvalue weighted by molar-refractivity contribution is 6.00. The highest BCUT2D eigenvalue weighted by atomic mass is 16.5. The molecule has 3 aromatic carbocycles. The summed E-state index contributed by atoms with van der Waals surface area (Å²) in [6.45, 7) is 1.61. The van der Waals surface area contributed by atoms with Crippen LogP contribution in [0.4, 0.5) is 5.69 Å². The number of rotatable bonds is 6. The van der Waals surface area contributed by atoms with Crippen molar-refractivity contribution in [1.29, 1.82) is 0 Å². The molecule has 0 aliphatic rings. The van der Waals surface area contributed by atoms with Gasteiger partial charge in [-0.25, -0.2) is 9.59 Å². The Kier molecular flexibility index (Phi) is 6.32. The van der Waals surface area contributed by atoms with Gasteiger partial charge >= 0.3 is 11.9 Å². The zero-order valence-corrected chi connectivity index (χ0v) is 16.8. The summed E-state index contributed by atoms with van der Waals surface area (Å²) in [7, 11) is 2.45. The number of hydrogen-bond donors (Lipinski definition) is 1. The summed E-state index contributed by atoms with van der Waals surface area (Å²) in [4.78, 5) is 36.4. The highest BCUT2D eigenvalue weighted by Crippen LogP contribution is 2.22. The lowest BCUT2D eigenvalue weighted by atomic mass is 10.1. The molecule has 1 amide bonds. The van der Waals surface area contributed by atoms with Crippen LogP contribution in [0, 0.1) is 0 Å². The zero-order valence-electron chi connectivity index (χ0n) is 16.8. The first-order valence-corrected chi connectivity index (χ1v) is 9.19. The Morgan fingerprint density at radius 1 is 0.800 bits per heavy atom. The third-order valence-electron chi connectivity index (χ3n) is 4.45. The molecule has 1 atom stereocenters. The van der Waals surface area contributed by atoms with E-state index in [-0.39, 0.29) is 16.8 Å². The molecule has 0 aromatic heterocycles. The average Bonchev–Trinajstić information content (AvgIpc) is 2.77. The van der Waals surface area contributed by atoms with Crippen LogP contribution in [0.1, 0.15) is 27.6 Å². The van der Waals surface area contributed by atoms with Crippen molar-refractivity contribution >= 4 is 34.3 Å². The fourth-order valence-corrected chi connectivity index (χ4v) is 2.91. The fourth-order valence-electron chi connectivity index (χ4n) is 2.91. The molecule has 0 bridgehead atoms. The second-order valence-corrected chi connectivity index (χ2v) is 6.54. The summed E-state index contributed by atoms with van der Waals surface area (Å²) in [6, 6.07) is 17.5. The van der Waals surface area contributed by atoms with Crippen molar-refractivity contribution in [2.45, 2.75) is 13.0 Å². The predicted octanol–water partition coefficient (Wildman–Crippen LogP) is 3.82. The fraction of sp³-hybridized carbons (Fsp3) is 0.174. The predicted molar refractivity (Wildman–Crippen MR) is 112 cm³/mol. The molecular weight excluding hydrogens is 386 g/mol. The van der Waals surface area contributed by atoms with E-state index in [4.69, 9.17) is 14.2 Å². The van der Waals surface area contributed by atoms with Crippen molar-refractivity contribution < 1.29 is 28.6 Å². The number of benzene rings is 3. The summed E-state index contributed by atoms with van der Waals surface area (Å²) in [5.41, 5.74) is 0.467. The Hall–Kier alpha value is -3.87. The summed E-state index contributed by atoms with van der Waals surface area (Å²) < 4.78 is 15.2. The monoisotopic (exact) mass is 407 g/mol. The van der Waals surface area contributed by atoms with Gasteiger partial charge in [0.2, 0.25) is 0 Å². The van der Waals surface area contributed by atoms with Gasteiger partial charge in [-0.05, 0) is 48.0 Å². The van der Waals surface area contributed by atoms with E-state index < -0.39 is 23.9 Å². The standard InChI is InChI=1S/C23H21NO6/c1-14(30-20-9-8-15-6-4-5-7-16(15)13-20)21(25)24-19-11-17(22(26)28-2)10-18(12-19)23(27)29-3/h4-14H,1-3H3,(H,24,25)/t14-/m1/s1. The number of esters is 2. The van der Waals surface area contributed by atoms with E-state index in [0.717, 1.165) is 10.8 Å². The van der Waals surface area contributed by atoms with Crippen LogP contribution in [-0.2, 0) is 14.3 Å². The molecule has 7 heteroatoms. The van der Waals surface area contributed by atoms with Gasteiger partial charge < -0.3 is 19.5 Å². The zero-order chi connectivity index (χ0) is 21.7. The molecule has 0 heterocycles. The van der Waals surface area contributed by atoms with Gasteiger partial charge in [0.1, 0.15) is 5.75 Å².